The molecule has 68 valence electrons. The number of nitrogens with one attached hydrogen (secondary N) is 1. The summed E-state index contributed by atoms with van der Waals surface area (Å²) >= 11 is 0. The second-order valence-corrected chi connectivity index (χ2v) is 2.81. The van der Waals surface area contributed by atoms with Crippen LogP contribution in [0, 0.1) is 0 Å². The van der Waals surface area contributed by atoms with E-state index in [1.165, 1.54) is 0 Å². The first-order chi connectivity index (χ1) is 6.33. The van der Waals surface area contributed by atoms with Crippen molar-refractivity contribution in [2.45, 2.75) is 6.54 Å². The molecule has 1 aromatic carbocycles. The van der Waals surface area contributed by atoms with E-state index in [4.69, 9.17) is 4.52 Å². The van der Waals surface area contributed by atoms with Gasteiger partial charge in [-0.2, -0.15) is 0 Å². The normalized spacial score (nSPS) is 10.8. The Balaban J connectivity index is 2.61. The lowest BCUT2D eigenvalue weighted by molar-refractivity contribution is 0.382. The van der Waals surface area contributed by atoms with Crippen LogP contribution in [0.1, 0.15) is 5.76 Å². The van der Waals surface area contributed by atoms with E-state index in [2.05, 4.69) is 10.5 Å². The Morgan fingerprint density at radius 1 is 1.54 bits per heavy atom. The highest BCUT2D eigenvalue weighted by Crippen LogP contribution is 2.25. The Morgan fingerprint density at radius 2 is 2.38 bits per heavy atom. The van der Waals surface area contributed by atoms with Crippen molar-refractivity contribution in [3.8, 4) is 5.75 Å². The maximum atomic E-state index is 9.41. The molecule has 4 nitrogen and oxygen atoms in total. The number of hydrogen-bond donors (Lipinski definition) is 2. The second kappa shape index (κ2) is 3.06. The first kappa shape index (κ1) is 8.07. The van der Waals surface area contributed by atoms with Crippen LogP contribution in [0.2, 0.25) is 0 Å². The van der Waals surface area contributed by atoms with Crippen LogP contribution in [0.4, 0.5) is 0 Å². The summed E-state index contributed by atoms with van der Waals surface area (Å²) in [6, 6.07) is 5.24. The van der Waals surface area contributed by atoms with Crippen molar-refractivity contribution in [3.05, 3.63) is 24.0 Å². The zero-order valence-corrected chi connectivity index (χ0v) is 7.24. The molecule has 0 aliphatic heterocycles. The predicted octanol–water partition coefficient (Wildman–Crippen LogP) is 1.25. The number of fused-ring (bicyclic) bond motifs is 1. The van der Waals surface area contributed by atoms with E-state index >= 15 is 0 Å². The third-order valence-electron chi connectivity index (χ3n) is 1.90. The number of phenolic OH excluding ortho intramolecular Hbond substituents is 1. The minimum absolute atomic E-state index is 0.156. The lowest BCUT2D eigenvalue weighted by Gasteiger charge is -1.93. The van der Waals surface area contributed by atoms with Crippen LogP contribution in [0.3, 0.4) is 0 Å². The number of hydrogen-bond acceptors (Lipinski definition) is 4. The van der Waals surface area contributed by atoms with Crippen LogP contribution in [-0.2, 0) is 6.54 Å². The van der Waals surface area contributed by atoms with Crippen molar-refractivity contribution in [3.63, 3.8) is 0 Å². The van der Waals surface area contributed by atoms with E-state index in [-0.39, 0.29) is 5.75 Å². The molecule has 2 aromatic rings. The highest BCUT2D eigenvalue weighted by atomic mass is 16.5. The van der Waals surface area contributed by atoms with Gasteiger partial charge in [-0.3, -0.25) is 0 Å². The fraction of sp³-hybridized carbons (Fsp3) is 0.222. The lowest BCUT2D eigenvalue weighted by Crippen LogP contribution is -2.03. The minimum Gasteiger partial charge on any atom is -0.506 e. The molecule has 0 aliphatic rings. The summed E-state index contributed by atoms with van der Waals surface area (Å²) in [6.07, 6.45) is 0. The van der Waals surface area contributed by atoms with Crippen LogP contribution in [0.5, 0.6) is 5.75 Å². The summed E-state index contributed by atoms with van der Waals surface area (Å²) in [7, 11) is 1.83. The summed E-state index contributed by atoms with van der Waals surface area (Å²) in [5, 5.41) is 17.0. The van der Waals surface area contributed by atoms with Gasteiger partial charge in [0.2, 0.25) is 0 Å². The van der Waals surface area contributed by atoms with Gasteiger partial charge in [0.15, 0.2) is 11.3 Å². The van der Waals surface area contributed by atoms with Crippen molar-refractivity contribution in [2.24, 2.45) is 0 Å². The zero-order valence-electron chi connectivity index (χ0n) is 7.24. The molecule has 0 saturated carbocycles. The van der Waals surface area contributed by atoms with Crippen molar-refractivity contribution in [1.82, 2.24) is 10.5 Å². The highest BCUT2D eigenvalue weighted by Gasteiger charge is 2.09. The van der Waals surface area contributed by atoms with Gasteiger partial charge in [-0.05, 0) is 19.2 Å². The molecular formula is C9H10N2O2. The average molecular weight is 178 g/mol. The van der Waals surface area contributed by atoms with Crippen LogP contribution in [-0.4, -0.2) is 17.3 Å². The topological polar surface area (TPSA) is 58.3 Å². The monoisotopic (exact) mass is 178 g/mol. The summed E-state index contributed by atoms with van der Waals surface area (Å²) in [5.74, 6) is 0.900. The molecule has 1 heterocycles. The lowest BCUT2D eigenvalue weighted by atomic mass is 10.2. The van der Waals surface area contributed by atoms with Crippen molar-refractivity contribution in [1.29, 1.82) is 0 Å². The van der Waals surface area contributed by atoms with Gasteiger partial charge in [0, 0.05) is 5.39 Å². The number of rotatable bonds is 2. The molecule has 0 unspecified atom stereocenters. The summed E-state index contributed by atoms with van der Waals surface area (Å²) in [5.41, 5.74) is 0.521. The molecule has 0 radical (unpaired) electrons. The number of phenols is 1. The summed E-state index contributed by atoms with van der Waals surface area (Å²) < 4.78 is 5.06. The third kappa shape index (κ3) is 1.25. The molecule has 4 heteroatoms. The van der Waals surface area contributed by atoms with E-state index in [0.29, 0.717) is 12.1 Å². The standard InChI is InChI=1S/C9H10N2O2/c1-10-5-8-6-3-2-4-7(12)9(6)11-13-8/h2-4,10,12H,5H2,1H3. The van der Waals surface area contributed by atoms with Crippen LogP contribution >= 0.6 is 0 Å². The Bertz CT molecular complexity index is 422. The molecule has 0 aliphatic carbocycles. The average Bonchev–Trinajstić information content (AvgIpc) is 2.51. The van der Waals surface area contributed by atoms with Crippen LogP contribution < -0.4 is 5.32 Å². The van der Waals surface area contributed by atoms with Gasteiger partial charge in [0.05, 0.1) is 6.54 Å². The van der Waals surface area contributed by atoms with E-state index in [0.717, 1.165) is 11.1 Å². The van der Waals surface area contributed by atoms with Crippen molar-refractivity contribution >= 4 is 10.9 Å². The Labute approximate surface area is 75.2 Å². The molecule has 1 aromatic heterocycles. The molecule has 2 N–H and O–H groups in total. The number of benzene rings is 1. The van der Waals surface area contributed by atoms with E-state index in [1.807, 2.05) is 13.1 Å². The van der Waals surface area contributed by atoms with E-state index in [9.17, 15) is 5.11 Å². The first-order valence-corrected chi connectivity index (χ1v) is 4.04. The number of aromatic nitrogens is 1. The molecule has 2 rings (SSSR count). The highest BCUT2D eigenvalue weighted by molar-refractivity contribution is 5.85. The smallest absolute Gasteiger partial charge is 0.158 e. The molecular weight excluding hydrogens is 168 g/mol. The quantitative estimate of drug-likeness (QED) is 0.726. The van der Waals surface area contributed by atoms with E-state index in [1.54, 1.807) is 12.1 Å². The Hall–Kier alpha value is -1.55. The van der Waals surface area contributed by atoms with Gasteiger partial charge in [-0.1, -0.05) is 11.2 Å². The SMILES string of the molecule is CNCc1onc2c(O)cccc12. The second-order valence-electron chi connectivity index (χ2n) is 2.81. The van der Waals surface area contributed by atoms with Gasteiger partial charge in [-0.15, -0.1) is 0 Å². The largest absolute Gasteiger partial charge is 0.506 e. The summed E-state index contributed by atoms with van der Waals surface area (Å²) in [4.78, 5) is 0. The van der Waals surface area contributed by atoms with Crippen LogP contribution in [0.15, 0.2) is 22.7 Å². The maximum absolute atomic E-state index is 9.41. The molecule has 0 bridgehead atoms. The van der Waals surface area contributed by atoms with Gasteiger partial charge in [0.1, 0.15) is 5.75 Å². The molecule has 13 heavy (non-hydrogen) atoms. The molecule has 0 saturated heterocycles. The van der Waals surface area contributed by atoms with Crippen molar-refractivity contribution in [2.75, 3.05) is 7.05 Å². The minimum atomic E-state index is 0.156. The van der Waals surface area contributed by atoms with Gasteiger partial charge in [0.25, 0.3) is 0 Å². The van der Waals surface area contributed by atoms with E-state index < -0.39 is 0 Å². The molecule has 0 amide bonds. The number of nitrogens with zero attached hydrogens (tertiary/aromatic N) is 1. The van der Waals surface area contributed by atoms with Crippen molar-refractivity contribution < 1.29 is 9.63 Å². The Morgan fingerprint density at radius 3 is 3.15 bits per heavy atom. The Kier molecular flexibility index (Phi) is 1.90. The fourth-order valence-electron chi connectivity index (χ4n) is 1.29. The molecule has 0 atom stereocenters. The third-order valence-corrected chi connectivity index (χ3v) is 1.90. The fourth-order valence-corrected chi connectivity index (χ4v) is 1.29. The predicted molar refractivity (Wildman–Crippen MR) is 48.4 cm³/mol. The zero-order chi connectivity index (χ0) is 9.26. The maximum Gasteiger partial charge on any atom is 0.158 e. The first-order valence-electron chi connectivity index (χ1n) is 4.04. The molecule has 0 fully saturated rings. The summed E-state index contributed by atoms with van der Waals surface area (Å²) in [6.45, 7) is 0.611. The van der Waals surface area contributed by atoms with Gasteiger partial charge >= 0.3 is 0 Å². The van der Waals surface area contributed by atoms with Gasteiger partial charge in [-0.25, -0.2) is 0 Å². The number of aromatic hydroxyl groups is 1. The van der Waals surface area contributed by atoms with Gasteiger partial charge < -0.3 is 14.9 Å². The molecule has 0 spiro atoms. The van der Waals surface area contributed by atoms with Crippen LogP contribution in [0.25, 0.3) is 10.9 Å².